The van der Waals surface area contributed by atoms with E-state index in [1.807, 2.05) is 0 Å². The molecule has 0 bridgehead atoms. The summed E-state index contributed by atoms with van der Waals surface area (Å²) >= 11 is 1.20. The van der Waals surface area contributed by atoms with E-state index in [9.17, 15) is 8.78 Å². The second kappa shape index (κ2) is 4.67. The van der Waals surface area contributed by atoms with Crippen LogP contribution in [0, 0.1) is 18.6 Å². The van der Waals surface area contributed by atoms with Crippen LogP contribution in [0.5, 0.6) is 0 Å². The standard InChI is InChI=1S/C11H9F2N3S/c1-6-4-10(16-11(14)15-6)17-7-2-3-8(12)9(13)5-7/h2-5H,1H3,(H2,14,15,16). The van der Waals surface area contributed by atoms with E-state index in [4.69, 9.17) is 5.73 Å². The van der Waals surface area contributed by atoms with E-state index in [0.717, 1.165) is 17.8 Å². The van der Waals surface area contributed by atoms with Crippen LogP contribution in [0.3, 0.4) is 0 Å². The van der Waals surface area contributed by atoms with Crippen molar-refractivity contribution in [1.82, 2.24) is 9.97 Å². The van der Waals surface area contributed by atoms with Crippen LogP contribution in [-0.4, -0.2) is 9.97 Å². The number of nitrogen functional groups attached to an aromatic ring is 1. The molecule has 2 rings (SSSR count). The van der Waals surface area contributed by atoms with Gasteiger partial charge < -0.3 is 5.73 Å². The van der Waals surface area contributed by atoms with Crippen LogP contribution < -0.4 is 5.73 Å². The van der Waals surface area contributed by atoms with E-state index in [2.05, 4.69) is 9.97 Å². The molecule has 0 fully saturated rings. The van der Waals surface area contributed by atoms with E-state index >= 15 is 0 Å². The minimum absolute atomic E-state index is 0.162. The molecule has 0 saturated carbocycles. The number of anilines is 1. The van der Waals surface area contributed by atoms with Crippen LogP contribution >= 0.6 is 11.8 Å². The summed E-state index contributed by atoms with van der Waals surface area (Å²) in [7, 11) is 0. The van der Waals surface area contributed by atoms with Crippen molar-refractivity contribution in [3.05, 3.63) is 41.6 Å². The van der Waals surface area contributed by atoms with Crippen LogP contribution in [0.15, 0.2) is 34.2 Å². The maximum atomic E-state index is 13.0. The summed E-state index contributed by atoms with van der Waals surface area (Å²) in [6.07, 6.45) is 0. The fourth-order valence-corrected chi connectivity index (χ4v) is 2.18. The van der Waals surface area contributed by atoms with E-state index in [1.54, 1.807) is 13.0 Å². The number of halogens is 2. The molecule has 17 heavy (non-hydrogen) atoms. The molecule has 1 aromatic carbocycles. The normalized spacial score (nSPS) is 10.5. The molecule has 0 spiro atoms. The lowest BCUT2D eigenvalue weighted by molar-refractivity contribution is 0.506. The van der Waals surface area contributed by atoms with Crippen molar-refractivity contribution in [2.24, 2.45) is 0 Å². The smallest absolute Gasteiger partial charge is 0.221 e. The van der Waals surface area contributed by atoms with Crippen molar-refractivity contribution in [1.29, 1.82) is 0 Å². The predicted molar refractivity (Wildman–Crippen MR) is 61.7 cm³/mol. The number of hydrogen-bond acceptors (Lipinski definition) is 4. The monoisotopic (exact) mass is 253 g/mol. The highest BCUT2D eigenvalue weighted by atomic mass is 32.2. The molecule has 2 N–H and O–H groups in total. The predicted octanol–water partition coefficient (Wildman–Crippen LogP) is 2.80. The number of rotatable bonds is 2. The minimum Gasteiger partial charge on any atom is -0.368 e. The minimum atomic E-state index is -0.881. The Bertz CT molecular complexity index is 540. The zero-order valence-corrected chi connectivity index (χ0v) is 9.76. The molecular weight excluding hydrogens is 244 g/mol. The Morgan fingerprint density at radius 3 is 2.53 bits per heavy atom. The Labute approximate surface area is 101 Å². The number of aromatic nitrogens is 2. The summed E-state index contributed by atoms with van der Waals surface area (Å²) in [4.78, 5) is 8.48. The Morgan fingerprint density at radius 2 is 1.88 bits per heavy atom. The third kappa shape index (κ3) is 2.91. The summed E-state index contributed by atoms with van der Waals surface area (Å²) in [5.74, 6) is -1.59. The van der Waals surface area contributed by atoms with Gasteiger partial charge in [-0.3, -0.25) is 0 Å². The van der Waals surface area contributed by atoms with E-state index in [-0.39, 0.29) is 5.95 Å². The van der Waals surface area contributed by atoms with Crippen LogP contribution in [0.2, 0.25) is 0 Å². The maximum Gasteiger partial charge on any atom is 0.221 e. The molecule has 0 unspecified atom stereocenters. The van der Waals surface area contributed by atoms with Gasteiger partial charge in [-0.25, -0.2) is 18.7 Å². The molecule has 0 aliphatic rings. The van der Waals surface area contributed by atoms with Crippen molar-refractivity contribution < 1.29 is 8.78 Å². The Kier molecular flexibility index (Phi) is 3.23. The van der Waals surface area contributed by atoms with Gasteiger partial charge in [0.25, 0.3) is 0 Å². The van der Waals surface area contributed by atoms with Gasteiger partial charge in [0.15, 0.2) is 11.6 Å². The van der Waals surface area contributed by atoms with Crippen molar-refractivity contribution >= 4 is 17.7 Å². The second-order valence-electron chi connectivity index (χ2n) is 3.38. The SMILES string of the molecule is Cc1cc(Sc2ccc(F)c(F)c2)nc(N)n1. The zero-order valence-electron chi connectivity index (χ0n) is 8.95. The summed E-state index contributed by atoms with van der Waals surface area (Å²) in [6, 6.07) is 5.40. The zero-order chi connectivity index (χ0) is 12.4. The lowest BCUT2D eigenvalue weighted by Gasteiger charge is -2.03. The topological polar surface area (TPSA) is 51.8 Å². The maximum absolute atomic E-state index is 13.0. The second-order valence-corrected chi connectivity index (χ2v) is 4.48. The lowest BCUT2D eigenvalue weighted by Crippen LogP contribution is -1.97. The first-order chi connectivity index (χ1) is 8.04. The number of aryl methyl sites for hydroxylation is 1. The summed E-state index contributed by atoms with van der Waals surface area (Å²) < 4.78 is 25.7. The van der Waals surface area contributed by atoms with Gasteiger partial charge in [-0.05, 0) is 31.2 Å². The molecule has 88 valence electrons. The first-order valence-electron chi connectivity index (χ1n) is 4.78. The van der Waals surface area contributed by atoms with Gasteiger partial charge in [0.2, 0.25) is 5.95 Å². The molecule has 0 atom stereocenters. The first-order valence-corrected chi connectivity index (χ1v) is 5.60. The van der Waals surface area contributed by atoms with Gasteiger partial charge in [0.05, 0.1) is 0 Å². The molecule has 6 heteroatoms. The molecule has 0 saturated heterocycles. The average Bonchev–Trinajstić information content (AvgIpc) is 2.22. The van der Waals surface area contributed by atoms with Gasteiger partial charge in [-0.15, -0.1) is 0 Å². The van der Waals surface area contributed by atoms with Crippen molar-refractivity contribution in [3.8, 4) is 0 Å². The van der Waals surface area contributed by atoms with Crippen LogP contribution in [0.4, 0.5) is 14.7 Å². The van der Waals surface area contributed by atoms with Gasteiger partial charge in [0.1, 0.15) is 5.03 Å². The molecule has 1 aromatic heterocycles. The van der Waals surface area contributed by atoms with Gasteiger partial charge >= 0.3 is 0 Å². The van der Waals surface area contributed by atoms with Crippen molar-refractivity contribution in [2.75, 3.05) is 5.73 Å². The Morgan fingerprint density at radius 1 is 1.12 bits per heavy atom. The van der Waals surface area contributed by atoms with Gasteiger partial charge in [-0.2, -0.15) is 0 Å². The summed E-state index contributed by atoms with van der Waals surface area (Å²) in [5.41, 5.74) is 6.22. The summed E-state index contributed by atoms with van der Waals surface area (Å²) in [5, 5.41) is 0.598. The molecule has 0 amide bonds. The highest BCUT2D eigenvalue weighted by Gasteiger charge is 2.06. The molecular formula is C11H9F2N3S. The molecule has 0 aliphatic heterocycles. The Hall–Kier alpha value is -1.69. The van der Waals surface area contributed by atoms with Crippen LogP contribution in [0.25, 0.3) is 0 Å². The van der Waals surface area contributed by atoms with Gasteiger partial charge in [0, 0.05) is 10.6 Å². The van der Waals surface area contributed by atoms with Crippen molar-refractivity contribution in [2.45, 2.75) is 16.8 Å². The highest BCUT2D eigenvalue weighted by molar-refractivity contribution is 7.99. The fourth-order valence-electron chi connectivity index (χ4n) is 1.28. The number of benzene rings is 1. The van der Waals surface area contributed by atoms with Crippen LogP contribution in [-0.2, 0) is 0 Å². The third-order valence-electron chi connectivity index (χ3n) is 1.96. The number of hydrogen-bond donors (Lipinski definition) is 1. The largest absolute Gasteiger partial charge is 0.368 e. The molecule has 2 aromatic rings. The van der Waals surface area contributed by atoms with Crippen LogP contribution in [0.1, 0.15) is 5.69 Å². The first kappa shape index (κ1) is 11.8. The van der Waals surface area contributed by atoms with Gasteiger partial charge in [-0.1, -0.05) is 11.8 Å². The third-order valence-corrected chi connectivity index (χ3v) is 2.87. The quantitative estimate of drug-likeness (QED) is 0.836. The lowest BCUT2D eigenvalue weighted by atomic mass is 10.3. The molecule has 0 aliphatic carbocycles. The van der Waals surface area contributed by atoms with Crippen molar-refractivity contribution in [3.63, 3.8) is 0 Å². The number of nitrogens with two attached hydrogens (primary N) is 1. The fraction of sp³-hybridized carbons (Fsp3) is 0.0909. The summed E-state index contributed by atoms with van der Waals surface area (Å²) in [6.45, 7) is 1.79. The molecule has 1 heterocycles. The van der Waals surface area contributed by atoms with E-state index < -0.39 is 11.6 Å². The highest BCUT2D eigenvalue weighted by Crippen LogP contribution is 2.27. The molecule has 3 nitrogen and oxygen atoms in total. The number of nitrogens with zero attached hydrogens (tertiary/aromatic N) is 2. The van der Waals surface area contributed by atoms with E-state index in [0.29, 0.717) is 9.92 Å². The van der Waals surface area contributed by atoms with E-state index in [1.165, 1.54) is 17.8 Å². The molecule has 0 radical (unpaired) electrons. The Balaban J connectivity index is 2.28. The average molecular weight is 253 g/mol.